The molecule has 1 aromatic heterocycles. The summed E-state index contributed by atoms with van der Waals surface area (Å²) in [5.41, 5.74) is 2.30. The first-order valence-corrected chi connectivity index (χ1v) is 10.4. The van der Waals surface area contributed by atoms with Crippen LogP contribution in [0.15, 0.2) is 28.6 Å². The second kappa shape index (κ2) is 9.77. The molecule has 0 aliphatic carbocycles. The zero-order chi connectivity index (χ0) is 18.2. The third-order valence-corrected chi connectivity index (χ3v) is 5.66. The number of rotatable bonds is 9. The van der Waals surface area contributed by atoms with E-state index in [-0.39, 0.29) is 11.9 Å². The van der Waals surface area contributed by atoms with E-state index >= 15 is 0 Å². The molecule has 0 unspecified atom stereocenters. The first-order chi connectivity index (χ1) is 12.0. The smallest absolute Gasteiger partial charge is 0.230 e. The molecule has 0 radical (unpaired) electrons. The van der Waals surface area contributed by atoms with E-state index in [0.29, 0.717) is 11.7 Å². The van der Waals surface area contributed by atoms with Gasteiger partial charge in [-0.1, -0.05) is 62.4 Å². The lowest BCUT2D eigenvalue weighted by Crippen LogP contribution is -2.33. The summed E-state index contributed by atoms with van der Waals surface area (Å²) in [5.74, 6) is 0.927. The predicted molar refractivity (Wildman–Crippen MR) is 107 cm³/mol. The Hall–Kier alpha value is -1.60. The molecule has 136 valence electrons. The molecule has 2 rings (SSSR count). The maximum absolute atomic E-state index is 11.9. The van der Waals surface area contributed by atoms with Gasteiger partial charge in [-0.15, -0.1) is 10.2 Å². The Morgan fingerprint density at radius 3 is 2.56 bits per heavy atom. The third kappa shape index (κ3) is 6.66. The van der Waals surface area contributed by atoms with Crippen LogP contribution < -0.4 is 10.6 Å². The van der Waals surface area contributed by atoms with Crippen molar-refractivity contribution in [1.29, 1.82) is 0 Å². The standard InChI is InChI=1S/C18H26N4OS2/c1-5-6-13(4)19-16(23)11-24-18-22-21-17(25-18)20-15-9-7-14(8-10-15)12(2)3/h7-10,12-13H,5-6,11H2,1-4H3,(H,19,23)(H,20,21)/t13-/m0/s1. The average molecular weight is 379 g/mol. The molecule has 0 bridgehead atoms. The molecule has 5 nitrogen and oxygen atoms in total. The molecule has 0 fully saturated rings. The summed E-state index contributed by atoms with van der Waals surface area (Å²) in [6.45, 7) is 8.50. The fraction of sp³-hybridized carbons (Fsp3) is 0.500. The van der Waals surface area contributed by atoms with Crippen LogP contribution in [0.5, 0.6) is 0 Å². The van der Waals surface area contributed by atoms with E-state index in [1.54, 1.807) is 0 Å². The van der Waals surface area contributed by atoms with Gasteiger partial charge in [-0.2, -0.15) is 0 Å². The molecule has 1 aromatic carbocycles. The molecule has 0 saturated heterocycles. The first-order valence-electron chi connectivity index (χ1n) is 8.60. The second-order valence-electron chi connectivity index (χ2n) is 6.32. The van der Waals surface area contributed by atoms with Gasteiger partial charge in [-0.05, 0) is 37.0 Å². The maximum Gasteiger partial charge on any atom is 0.230 e. The van der Waals surface area contributed by atoms with Crippen molar-refractivity contribution < 1.29 is 4.79 Å². The zero-order valence-corrected chi connectivity index (χ0v) is 16.8. The summed E-state index contributed by atoms with van der Waals surface area (Å²) < 4.78 is 0.791. The lowest BCUT2D eigenvalue weighted by atomic mass is 10.0. The van der Waals surface area contributed by atoms with E-state index in [0.717, 1.165) is 28.0 Å². The van der Waals surface area contributed by atoms with Crippen LogP contribution in [0.4, 0.5) is 10.8 Å². The van der Waals surface area contributed by atoms with Gasteiger partial charge in [0.2, 0.25) is 11.0 Å². The van der Waals surface area contributed by atoms with E-state index < -0.39 is 0 Å². The van der Waals surface area contributed by atoms with Crippen LogP contribution >= 0.6 is 23.1 Å². The monoisotopic (exact) mass is 378 g/mol. The number of amides is 1. The summed E-state index contributed by atoms with van der Waals surface area (Å²) in [5, 5.41) is 15.3. The quantitative estimate of drug-likeness (QED) is 0.613. The minimum Gasteiger partial charge on any atom is -0.353 e. The summed E-state index contributed by atoms with van der Waals surface area (Å²) >= 11 is 2.88. The number of nitrogens with zero attached hydrogens (tertiary/aromatic N) is 2. The van der Waals surface area contributed by atoms with Crippen LogP contribution in [0.25, 0.3) is 0 Å². The lowest BCUT2D eigenvalue weighted by molar-refractivity contribution is -0.119. The van der Waals surface area contributed by atoms with Crippen molar-refractivity contribution in [2.24, 2.45) is 0 Å². The number of carbonyl (C=O) groups is 1. The maximum atomic E-state index is 11.9. The Bertz CT molecular complexity index is 670. The lowest BCUT2D eigenvalue weighted by Gasteiger charge is -2.11. The fourth-order valence-corrected chi connectivity index (χ4v) is 3.93. The zero-order valence-electron chi connectivity index (χ0n) is 15.2. The highest BCUT2D eigenvalue weighted by atomic mass is 32.2. The minimum atomic E-state index is 0.0416. The van der Waals surface area contributed by atoms with E-state index in [9.17, 15) is 4.79 Å². The van der Waals surface area contributed by atoms with E-state index in [1.165, 1.54) is 28.7 Å². The average Bonchev–Trinajstić information content (AvgIpc) is 3.01. The van der Waals surface area contributed by atoms with Gasteiger partial charge in [-0.3, -0.25) is 4.79 Å². The Labute approximate surface area is 158 Å². The van der Waals surface area contributed by atoms with Crippen molar-refractivity contribution >= 4 is 39.8 Å². The number of thioether (sulfide) groups is 1. The van der Waals surface area contributed by atoms with Crippen molar-refractivity contribution in [2.75, 3.05) is 11.1 Å². The number of hydrogen-bond acceptors (Lipinski definition) is 6. The molecule has 2 N–H and O–H groups in total. The topological polar surface area (TPSA) is 66.9 Å². The molecule has 7 heteroatoms. The van der Waals surface area contributed by atoms with Crippen LogP contribution in [0, 0.1) is 0 Å². The number of nitrogens with one attached hydrogen (secondary N) is 2. The second-order valence-corrected chi connectivity index (χ2v) is 8.52. The molecule has 2 aromatic rings. The number of aromatic nitrogens is 2. The van der Waals surface area contributed by atoms with Crippen molar-refractivity contribution in [3.63, 3.8) is 0 Å². The van der Waals surface area contributed by atoms with Gasteiger partial charge in [0.15, 0.2) is 4.34 Å². The molecule has 1 amide bonds. The Kier molecular flexibility index (Phi) is 7.71. The van der Waals surface area contributed by atoms with Gasteiger partial charge >= 0.3 is 0 Å². The SMILES string of the molecule is CCC[C@H](C)NC(=O)CSc1nnc(Nc2ccc(C(C)C)cc2)s1. The largest absolute Gasteiger partial charge is 0.353 e. The van der Waals surface area contributed by atoms with Crippen LogP contribution in [0.3, 0.4) is 0 Å². The number of carbonyl (C=O) groups excluding carboxylic acids is 1. The molecule has 1 atom stereocenters. The van der Waals surface area contributed by atoms with Crippen LogP contribution in [-0.4, -0.2) is 27.9 Å². The summed E-state index contributed by atoms with van der Waals surface area (Å²) in [6.07, 6.45) is 2.07. The normalized spacial score (nSPS) is 12.2. The van der Waals surface area contributed by atoms with Crippen LogP contribution in [-0.2, 0) is 4.79 Å². The molecule has 0 aliphatic rings. The van der Waals surface area contributed by atoms with Crippen molar-refractivity contribution in [2.45, 2.75) is 56.8 Å². The summed E-state index contributed by atoms with van der Waals surface area (Å²) in [7, 11) is 0. The highest BCUT2D eigenvalue weighted by molar-refractivity contribution is 8.01. The van der Waals surface area contributed by atoms with Crippen molar-refractivity contribution in [3.05, 3.63) is 29.8 Å². The van der Waals surface area contributed by atoms with Gasteiger partial charge in [0, 0.05) is 11.7 Å². The summed E-state index contributed by atoms with van der Waals surface area (Å²) in [6, 6.07) is 8.55. The summed E-state index contributed by atoms with van der Waals surface area (Å²) in [4.78, 5) is 11.9. The minimum absolute atomic E-state index is 0.0416. The highest BCUT2D eigenvalue weighted by Crippen LogP contribution is 2.28. The van der Waals surface area contributed by atoms with Crippen molar-refractivity contribution in [1.82, 2.24) is 15.5 Å². The van der Waals surface area contributed by atoms with Crippen molar-refractivity contribution in [3.8, 4) is 0 Å². The molecule has 0 aliphatic heterocycles. The van der Waals surface area contributed by atoms with E-state index in [4.69, 9.17) is 0 Å². The fourth-order valence-electron chi connectivity index (χ4n) is 2.34. The van der Waals surface area contributed by atoms with E-state index in [1.807, 2.05) is 19.1 Å². The van der Waals surface area contributed by atoms with Gasteiger partial charge in [0.05, 0.1) is 5.75 Å². The number of benzene rings is 1. The molecule has 1 heterocycles. The Morgan fingerprint density at radius 2 is 1.92 bits per heavy atom. The molecule has 25 heavy (non-hydrogen) atoms. The number of anilines is 2. The first kappa shape index (κ1) is 19.7. The predicted octanol–water partition coefficient (Wildman–Crippen LogP) is 4.80. The molecule has 0 saturated carbocycles. The number of hydrogen-bond donors (Lipinski definition) is 2. The van der Waals surface area contributed by atoms with Crippen LogP contribution in [0.1, 0.15) is 52.0 Å². The Balaban J connectivity index is 1.82. The highest BCUT2D eigenvalue weighted by Gasteiger charge is 2.10. The molecular weight excluding hydrogens is 352 g/mol. The molecule has 0 spiro atoms. The van der Waals surface area contributed by atoms with Crippen LogP contribution in [0.2, 0.25) is 0 Å². The van der Waals surface area contributed by atoms with Gasteiger partial charge < -0.3 is 10.6 Å². The molecular formula is C18H26N4OS2. The van der Waals surface area contributed by atoms with E-state index in [2.05, 4.69) is 53.7 Å². The van der Waals surface area contributed by atoms with Gasteiger partial charge in [0.25, 0.3) is 0 Å². The Morgan fingerprint density at radius 1 is 1.20 bits per heavy atom. The van der Waals surface area contributed by atoms with Gasteiger partial charge in [0.1, 0.15) is 0 Å². The third-order valence-electron chi connectivity index (χ3n) is 3.69. The van der Waals surface area contributed by atoms with Gasteiger partial charge in [-0.25, -0.2) is 0 Å².